The fourth-order valence-electron chi connectivity index (χ4n) is 2.98. The average Bonchev–Trinajstić information content (AvgIpc) is 2.39. The second-order valence-corrected chi connectivity index (χ2v) is 5.74. The maximum absolute atomic E-state index is 13.5. The molecule has 0 atom stereocenters. The molecule has 0 heterocycles. The second kappa shape index (κ2) is 6.79. The van der Waals surface area contributed by atoms with E-state index in [2.05, 4.69) is 4.90 Å². The first-order valence-electron chi connectivity index (χ1n) is 7.17. The minimum Gasteiger partial charge on any atom is -0.302 e. The highest BCUT2D eigenvalue weighted by atomic mass is 19.1. The summed E-state index contributed by atoms with van der Waals surface area (Å²) in [6.07, 6.45) is 6.51. The van der Waals surface area contributed by atoms with E-state index in [0.29, 0.717) is 6.54 Å². The fourth-order valence-corrected chi connectivity index (χ4v) is 2.98. The Morgan fingerprint density at radius 2 is 2.05 bits per heavy atom. The molecule has 1 saturated carbocycles. The molecule has 0 bridgehead atoms. The maximum atomic E-state index is 13.5. The van der Waals surface area contributed by atoms with Crippen LogP contribution in [0.3, 0.4) is 0 Å². The van der Waals surface area contributed by atoms with Gasteiger partial charge in [-0.25, -0.2) is 0 Å². The van der Waals surface area contributed by atoms with Gasteiger partial charge in [0.05, 0.1) is 4.92 Å². The lowest BCUT2D eigenvalue weighted by atomic mass is 9.89. The van der Waals surface area contributed by atoms with Gasteiger partial charge < -0.3 is 4.90 Å². The monoisotopic (exact) mass is 280 g/mol. The van der Waals surface area contributed by atoms with Crippen LogP contribution in [0.25, 0.3) is 0 Å². The quantitative estimate of drug-likeness (QED) is 0.609. The van der Waals surface area contributed by atoms with Crippen molar-refractivity contribution in [3.05, 3.63) is 39.7 Å². The molecule has 0 radical (unpaired) electrons. The molecular formula is C15H21FN2O2. The molecule has 0 aromatic heterocycles. The summed E-state index contributed by atoms with van der Waals surface area (Å²) in [7, 11) is 2.02. The summed E-state index contributed by atoms with van der Waals surface area (Å²) in [6, 6.07) is 4.16. The summed E-state index contributed by atoms with van der Waals surface area (Å²) >= 11 is 0. The van der Waals surface area contributed by atoms with Crippen LogP contribution in [0.5, 0.6) is 0 Å². The summed E-state index contributed by atoms with van der Waals surface area (Å²) in [5, 5.41) is 10.6. The predicted octanol–water partition coefficient (Wildman–Crippen LogP) is 3.75. The third kappa shape index (κ3) is 4.00. The van der Waals surface area contributed by atoms with Crippen LogP contribution >= 0.6 is 0 Å². The SMILES string of the molecule is CN(Cc1ccc([N+](=O)[O-])c(F)c1)CC1CCCCC1. The first-order chi connectivity index (χ1) is 9.56. The maximum Gasteiger partial charge on any atom is 0.304 e. The molecule has 1 aromatic rings. The van der Waals surface area contributed by atoms with E-state index < -0.39 is 16.4 Å². The Hall–Kier alpha value is -1.49. The van der Waals surface area contributed by atoms with Crippen molar-refractivity contribution in [2.24, 2.45) is 5.92 Å². The number of nitrogens with zero attached hydrogens (tertiary/aromatic N) is 2. The Morgan fingerprint density at radius 1 is 1.35 bits per heavy atom. The minimum atomic E-state index is -0.751. The molecule has 1 aliphatic carbocycles. The lowest BCUT2D eigenvalue weighted by molar-refractivity contribution is -0.387. The molecule has 5 heteroatoms. The first-order valence-corrected chi connectivity index (χ1v) is 7.17. The number of hydrogen-bond donors (Lipinski definition) is 0. The van der Waals surface area contributed by atoms with E-state index in [4.69, 9.17) is 0 Å². The lowest BCUT2D eigenvalue weighted by Gasteiger charge is -2.27. The number of halogens is 1. The van der Waals surface area contributed by atoms with Crippen LogP contribution in [0.1, 0.15) is 37.7 Å². The van der Waals surface area contributed by atoms with E-state index in [1.165, 1.54) is 44.2 Å². The topological polar surface area (TPSA) is 46.4 Å². The van der Waals surface area contributed by atoms with E-state index >= 15 is 0 Å². The van der Waals surface area contributed by atoms with E-state index in [9.17, 15) is 14.5 Å². The van der Waals surface area contributed by atoms with Crippen molar-refractivity contribution in [3.63, 3.8) is 0 Å². The van der Waals surface area contributed by atoms with Gasteiger partial charge in [0, 0.05) is 19.2 Å². The number of nitro groups is 1. The molecule has 0 N–H and O–H groups in total. The van der Waals surface area contributed by atoms with E-state index in [0.717, 1.165) is 18.0 Å². The number of nitro benzene ring substituents is 1. The lowest BCUT2D eigenvalue weighted by Crippen LogP contribution is -2.26. The summed E-state index contributed by atoms with van der Waals surface area (Å²) in [6.45, 7) is 1.64. The smallest absolute Gasteiger partial charge is 0.302 e. The van der Waals surface area contributed by atoms with Crippen molar-refractivity contribution < 1.29 is 9.31 Å². The number of benzene rings is 1. The van der Waals surface area contributed by atoms with Gasteiger partial charge in [-0.3, -0.25) is 10.1 Å². The fraction of sp³-hybridized carbons (Fsp3) is 0.600. The Kier molecular flexibility index (Phi) is 5.06. The van der Waals surface area contributed by atoms with Crippen LogP contribution in [0.2, 0.25) is 0 Å². The van der Waals surface area contributed by atoms with Gasteiger partial charge in [-0.15, -0.1) is 0 Å². The highest BCUT2D eigenvalue weighted by Crippen LogP contribution is 2.25. The molecule has 110 valence electrons. The summed E-state index contributed by atoms with van der Waals surface area (Å²) < 4.78 is 13.5. The van der Waals surface area contributed by atoms with Crippen molar-refractivity contribution in [3.8, 4) is 0 Å². The Morgan fingerprint density at radius 3 is 2.65 bits per heavy atom. The van der Waals surface area contributed by atoms with Crippen LogP contribution in [0.4, 0.5) is 10.1 Å². The predicted molar refractivity (Wildman–Crippen MR) is 76.0 cm³/mol. The number of hydrogen-bond acceptors (Lipinski definition) is 3. The van der Waals surface area contributed by atoms with Crippen molar-refractivity contribution in [2.75, 3.05) is 13.6 Å². The van der Waals surface area contributed by atoms with Crippen LogP contribution in [0, 0.1) is 21.8 Å². The third-order valence-electron chi connectivity index (χ3n) is 3.96. The van der Waals surface area contributed by atoms with Crippen molar-refractivity contribution in [2.45, 2.75) is 38.6 Å². The molecule has 0 unspecified atom stereocenters. The summed E-state index contributed by atoms with van der Waals surface area (Å²) in [5.41, 5.74) is 0.329. The van der Waals surface area contributed by atoms with Crippen LogP contribution in [-0.2, 0) is 6.54 Å². The van der Waals surface area contributed by atoms with Gasteiger partial charge in [0.1, 0.15) is 0 Å². The minimum absolute atomic E-state index is 0.455. The Bertz CT molecular complexity index is 473. The number of rotatable bonds is 5. The van der Waals surface area contributed by atoms with Gasteiger partial charge in [-0.1, -0.05) is 25.3 Å². The van der Waals surface area contributed by atoms with Gasteiger partial charge in [0.2, 0.25) is 5.82 Å². The van der Waals surface area contributed by atoms with Crippen molar-refractivity contribution >= 4 is 5.69 Å². The summed E-state index contributed by atoms with van der Waals surface area (Å²) in [4.78, 5) is 12.1. The van der Waals surface area contributed by atoms with Crippen molar-refractivity contribution in [1.82, 2.24) is 4.90 Å². The largest absolute Gasteiger partial charge is 0.304 e. The molecule has 0 aliphatic heterocycles. The van der Waals surface area contributed by atoms with E-state index in [-0.39, 0.29) is 0 Å². The molecule has 0 saturated heterocycles. The van der Waals surface area contributed by atoms with Gasteiger partial charge in [0.25, 0.3) is 0 Å². The zero-order chi connectivity index (χ0) is 14.5. The molecule has 2 rings (SSSR count). The zero-order valence-electron chi connectivity index (χ0n) is 11.8. The van der Waals surface area contributed by atoms with Gasteiger partial charge >= 0.3 is 5.69 Å². The standard InChI is InChI=1S/C15H21FN2O2/c1-17(10-12-5-3-2-4-6-12)11-13-7-8-15(18(19)20)14(16)9-13/h7-9,12H,2-6,10-11H2,1H3. The third-order valence-corrected chi connectivity index (χ3v) is 3.96. The van der Waals surface area contributed by atoms with E-state index in [1.54, 1.807) is 6.07 Å². The molecular weight excluding hydrogens is 259 g/mol. The Balaban J connectivity index is 1.92. The first kappa shape index (κ1) is 14.9. The highest BCUT2D eigenvalue weighted by molar-refractivity contribution is 5.34. The van der Waals surface area contributed by atoms with Crippen LogP contribution < -0.4 is 0 Å². The highest BCUT2D eigenvalue weighted by Gasteiger charge is 2.17. The molecule has 1 aliphatic rings. The van der Waals surface area contributed by atoms with Gasteiger partial charge in [-0.05, 0) is 37.4 Å². The van der Waals surface area contributed by atoms with Crippen LogP contribution in [-0.4, -0.2) is 23.4 Å². The molecule has 1 aromatic carbocycles. The molecule has 1 fully saturated rings. The van der Waals surface area contributed by atoms with E-state index in [1.807, 2.05) is 7.05 Å². The Labute approximate surface area is 118 Å². The van der Waals surface area contributed by atoms with Gasteiger partial charge in [0.15, 0.2) is 0 Å². The molecule has 0 amide bonds. The van der Waals surface area contributed by atoms with Crippen LogP contribution in [0.15, 0.2) is 18.2 Å². The van der Waals surface area contributed by atoms with Gasteiger partial charge in [-0.2, -0.15) is 4.39 Å². The molecule has 0 spiro atoms. The second-order valence-electron chi connectivity index (χ2n) is 5.74. The summed E-state index contributed by atoms with van der Waals surface area (Å²) in [5.74, 6) is -0.0183. The zero-order valence-corrected chi connectivity index (χ0v) is 11.8. The normalized spacial score (nSPS) is 16.6. The van der Waals surface area contributed by atoms with Crippen molar-refractivity contribution in [1.29, 1.82) is 0 Å². The molecule has 20 heavy (non-hydrogen) atoms. The molecule has 4 nitrogen and oxygen atoms in total. The average molecular weight is 280 g/mol.